The van der Waals surface area contributed by atoms with Crippen LogP contribution in [-0.4, -0.2) is 45.8 Å². The Hall–Kier alpha value is -3.42. The molecule has 0 aliphatic carbocycles. The molecule has 0 bridgehead atoms. The number of hydrogen-bond donors (Lipinski definition) is 2. The highest BCUT2D eigenvalue weighted by molar-refractivity contribution is 6.01. The quantitative estimate of drug-likeness (QED) is 0.517. The molecule has 1 unspecified atom stereocenters. The predicted octanol–water partition coefficient (Wildman–Crippen LogP) is 3.50. The molecule has 1 heterocycles. The van der Waals surface area contributed by atoms with Gasteiger partial charge >= 0.3 is 0 Å². The van der Waals surface area contributed by atoms with E-state index in [1.54, 1.807) is 12.1 Å². The van der Waals surface area contributed by atoms with Crippen LogP contribution >= 0.6 is 0 Å². The van der Waals surface area contributed by atoms with Crippen molar-refractivity contribution < 1.29 is 28.5 Å². The standard InChI is InChI=1S/C24H30N2O6/c1-4-5-11-31-16-6-8-17(9-7-16)32-12-10-25-24(28)19-14-23(27)26-20-15-22(30-3)21(29-2)13-18(19)20/h6-9,13,15,19H,4-5,10-12,14H2,1-3H3,(H,25,28)(H,26,27). The molecule has 0 fully saturated rings. The smallest absolute Gasteiger partial charge is 0.228 e. The summed E-state index contributed by atoms with van der Waals surface area (Å²) in [6.45, 7) is 3.44. The number of benzene rings is 2. The first-order chi connectivity index (χ1) is 15.5. The molecular formula is C24H30N2O6. The van der Waals surface area contributed by atoms with Crippen LogP contribution in [0.3, 0.4) is 0 Å². The Morgan fingerprint density at radius 1 is 1.03 bits per heavy atom. The first kappa shape index (κ1) is 23.2. The zero-order valence-electron chi connectivity index (χ0n) is 18.7. The molecule has 2 aromatic carbocycles. The predicted molar refractivity (Wildman–Crippen MR) is 121 cm³/mol. The largest absolute Gasteiger partial charge is 0.494 e. The average molecular weight is 443 g/mol. The summed E-state index contributed by atoms with van der Waals surface area (Å²) in [6, 6.07) is 10.8. The van der Waals surface area contributed by atoms with E-state index in [1.807, 2.05) is 24.3 Å². The van der Waals surface area contributed by atoms with E-state index in [2.05, 4.69) is 17.6 Å². The minimum absolute atomic E-state index is 0.0642. The van der Waals surface area contributed by atoms with E-state index in [-0.39, 0.29) is 18.2 Å². The number of carbonyl (C=O) groups excluding carboxylic acids is 2. The second-order valence-electron chi connectivity index (χ2n) is 7.41. The van der Waals surface area contributed by atoms with Crippen molar-refractivity contribution in [2.45, 2.75) is 32.1 Å². The Balaban J connectivity index is 1.54. The number of methoxy groups -OCH3 is 2. The summed E-state index contributed by atoms with van der Waals surface area (Å²) >= 11 is 0. The van der Waals surface area contributed by atoms with Crippen molar-refractivity contribution in [2.75, 3.05) is 39.3 Å². The lowest BCUT2D eigenvalue weighted by molar-refractivity contribution is -0.126. The Kier molecular flexibility index (Phi) is 8.19. The van der Waals surface area contributed by atoms with Gasteiger partial charge in [0.1, 0.15) is 18.1 Å². The molecule has 3 rings (SSSR count). The van der Waals surface area contributed by atoms with Gasteiger partial charge in [0, 0.05) is 18.2 Å². The molecule has 32 heavy (non-hydrogen) atoms. The Labute approximate surface area is 188 Å². The van der Waals surface area contributed by atoms with Crippen LogP contribution in [0.2, 0.25) is 0 Å². The number of unbranched alkanes of at least 4 members (excludes halogenated alkanes) is 1. The van der Waals surface area contributed by atoms with Crippen LogP contribution in [0.15, 0.2) is 36.4 Å². The number of fused-ring (bicyclic) bond motifs is 1. The number of carbonyl (C=O) groups is 2. The number of nitrogens with one attached hydrogen (secondary N) is 2. The summed E-state index contributed by atoms with van der Waals surface area (Å²) in [4.78, 5) is 24.9. The summed E-state index contributed by atoms with van der Waals surface area (Å²) in [5.74, 6) is 1.42. The molecule has 1 aliphatic heterocycles. The maximum Gasteiger partial charge on any atom is 0.228 e. The molecule has 0 aromatic heterocycles. The first-order valence-electron chi connectivity index (χ1n) is 10.7. The van der Waals surface area contributed by atoms with E-state index in [0.717, 1.165) is 18.6 Å². The third-order valence-electron chi connectivity index (χ3n) is 5.17. The van der Waals surface area contributed by atoms with Gasteiger partial charge in [0.25, 0.3) is 0 Å². The fraction of sp³-hybridized carbons (Fsp3) is 0.417. The first-order valence-corrected chi connectivity index (χ1v) is 10.7. The Morgan fingerprint density at radius 2 is 1.66 bits per heavy atom. The van der Waals surface area contributed by atoms with Gasteiger partial charge in [0.2, 0.25) is 11.8 Å². The molecule has 2 aromatic rings. The van der Waals surface area contributed by atoms with Crippen molar-refractivity contribution in [1.82, 2.24) is 5.32 Å². The summed E-state index contributed by atoms with van der Waals surface area (Å²) in [5.41, 5.74) is 1.25. The highest BCUT2D eigenvalue weighted by Crippen LogP contribution is 2.40. The SMILES string of the molecule is CCCCOc1ccc(OCCNC(=O)C2CC(=O)Nc3cc(OC)c(OC)cc32)cc1. The van der Waals surface area contributed by atoms with Crippen LogP contribution in [-0.2, 0) is 9.59 Å². The third kappa shape index (κ3) is 5.84. The van der Waals surface area contributed by atoms with Gasteiger partial charge in [-0.15, -0.1) is 0 Å². The van der Waals surface area contributed by atoms with Crippen molar-refractivity contribution in [1.29, 1.82) is 0 Å². The molecule has 1 aliphatic rings. The van der Waals surface area contributed by atoms with Crippen LogP contribution < -0.4 is 29.6 Å². The van der Waals surface area contributed by atoms with Crippen LogP contribution in [0.25, 0.3) is 0 Å². The molecular weight excluding hydrogens is 412 g/mol. The van der Waals surface area contributed by atoms with E-state index in [9.17, 15) is 9.59 Å². The van der Waals surface area contributed by atoms with Crippen molar-refractivity contribution in [2.24, 2.45) is 0 Å². The van der Waals surface area contributed by atoms with Gasteiger partial charge in [-0.25, -0.2) is 0 Å². The molecule has 0 saturated heterocycles. The van der Waals surface area contributed by atoms with Gasteiger partial charge in [-0.1, -0.05) is 13.3 Å². The zero-order valence-corrected chi connectivity index (χ0v) is 18.7. The topological polar surface area (TPSA) is 95.1 Å². The van der Waals surface area contributed by atoms with Crippen LogP contribution in [0, 0.1) is 0 Å². The Bertz CT molecular complexity index is 929. The number of rotatable bonds is 11. The fourth-order valence-electron chi connectivity index (χ4n) is 3.45. The van der Waals surface area contributed by atoms with Crippen molar-refractivity contribution in [3.05, 3.63) is 42.0 Å². The minimum atomic E-state index is -0.613. The lowest BCUT2D eigenvalue weighted by Crippen LogP contribution is -2.36. The number of ether oxygens (including phenoxy) is 4. The fourth-order valence-corrected chi connectivity index (χ4v) is 3.45. The normalized spacial score (nSPS) is 14.7. The van der Waals surface area contributed by atoms with Gasteiger partial charge in [-0.05, 0) is 42.3 Å². The van der Waals surface area contributed by atoms with Crippen molar-refractivity contribution in [3.63, 3.8) is 0 Å². The monoisotopic (exact) mass is 442 g/mol. The maximum absolute atomic E-state index is 12.8. The van der Waals surface area contributed by atoms with Gasteiger partial charge in [0.15, 0.2) is 11.5 Å². The minimum Gasteiger partial charge on any atom is -0.494 e. The molecule has 0 saturated carbocycles. The average Bonchev–Trinajstić information content (AvgIpc) is 2.81. The van der Waals surface area contributed by atoms with E-state index in [1.165, 1.54) is 14.2 Å². The summed E-state index contributed by atoms with van der Waals surface area (Å²) in [7, 11) is 3.05. The molecule has 0 radical (unpaired) electrons. The second kappa shape index (κ2) is 11.3. The van der Waals surface area contributed by atoms with Crippen molar-refractivity contribution in [3.8, 4) is 23.0 Å². The highest BCUT2D eigenvalue weighted by Gasteiger charge is 2.32. The van der Waals surface area contributed by atoms with E-state index >= 15 is 0 Å². The number of amides is 2. The summed E-state index contributed by atoms with van der Waals surface area (Å²) in [5, 5.41) is 5.65. The molecule has 8 nitrogen and oxygen atoms in total. The lowest BCUT2D eigenvalue weighted by Gasteiger charge is -2.26. The molecule has 2 amide bonds. The molecule has 0 spiro atoms. The molecule has 1 atom stereocenters. The summed E-state index contributed by atoms with van der Waals surface area (Å²) in [6.07, 6.45) is 2.17. The van der Waals surface area contributed by atoms with Gasteiger partial charge in [0.05, 0.1) is 33.3 Å². The van der Waals surface area contributed by atoms with Crippen LogP contribution in [0.4, 0.5) is 5.69 Å². The zero-order chi connectivity index (χ0) is 22.9. The molecule has 8 heteroatoms. The number of anilines is 1. The third-order valence-corrected chi connectivity index (χ3v) is 5.17. The van der Waals surface area contributed by atoms with E-state index in [4.69, 9.17) is 18.9 Å². The van der Waals surface area contributed by atoms with E-state index in [0.29, 0.717) is 48.3 Å². The van der Waals surface area contributed by atoms with Gasteiger partial charge in [-0.3, -0.25) is 9.59 Å². The second-order valence-corrected chi connectivity index (χ2v) is 7.41. The molecule has 2 N–H and O–H groups in total. The van der Waals surface area contributed by atoms with Crippen LogP contribution in [0.5, 0.6) is 23.0 Å². The molecule has 172 valence electrons. The maximum atomic E-state index is 12.8. The number of hydrogen-bond acceptors (Lipinski definition) is 6. The highest BCUT2D eigenvalue weighted by atomic mass is 16.5. The Morgan fingerprint density at radius 3 is 2.28 bits per heavy atom. The van der Waals surface area contributed by atoms with E-state index < -0.39 is 5.92 Å². The summed E-state index contributed by atoms with van der Waals surface area (Å²) < 4.78 is 22.0. The van der Waals surface area contributed by atoms with Gasteiger partial charge in [-0.2, -0.15) is 0 Å². The van der Waals surface area contributed by atoms with Gasteiger partial charge < -0.3 is 29.6 Å². The van der Waals surface area contributed by atoms with Crippen molar-refractivity contribution >= 4 is 17.5 Å². The lowest BCUT2D eigenvalue weighted by atomic mass is 9.89. The van der Waals surface area contributed by atoms with Crippen LogP contribution in [0.1, 0.15) is 37.7 Å².